The molecule has 1 atom stereocenters. The number of ketones is 1. The van der Waals surface area contributed by atoms with Gasteiger partial charge in [-0.3, -0.25) is 4.79 Å². The van der Waals surface area contributed by atoms with E-state index in [4.69, 9.17) is 0 Å². The van der Waals surface area contributed by atoms with Crippen LogP contribution in [0.4, 0.5) is 17.5 Å². The van der Waals surface area contributed by atoms with Gasteiger partial charge >= 0.3 is 0 Å². The molecule has 0 saturated carbocycles. The predicted molar refractivity (Wildman–Crippen MR) is 107 cm³/mol. The number of benzene rings is 2. The van der Waals surface area contributed by atoms with E-state index in [0.717, 1.165) is 23.4 Å². The minimum Gasteiger partial charge on any atom is -0.350 e. The largest absolute Gasteiger partial charge is 0.350 e. The van der Waals surface area contributed by atoms with Gasteiger partial charge in [0.15, 0.2) is 5.78 Å². The molecule has 0 aliphatic heterocycles. The SMILES string of the molecule is CC1CC(=O)c2c(nc(NCc3ccccc3)nc2Nc2ccccc2)C1. The lowest BCUT2D eigenvalue weighted by Crippen LogP contribution is -2.22. The molecule has 0 radical (unpaired) electrons. The highest BCUT2D eigenvalue weighted by molar-refractivity contribution is 6.03. The van der Waals surface area contributed by atoms with E-state index in [1.165, 1.54) is 0 Å². The zero-order chi connectivity index (χ0) is 18.6. The number of para-hydroxylation sites is 1. The number of fused-ring (bicyclic) bond motifs is 1. The molecular weight excluding hydrogens is 336 g/mol. The van der Waals surface area contributed by atoms with Crippen LogP contribution in [0.1, 0.15) is 35.0 Å². The number of rotatable bonds is 5. The van der Waals surface area contributed by atoms with Gasteiger partial charge in [-0.1, -0.05) is 55.5 Å². The fraction of sp³-hybridized carbons (Fsp3) is 0.227. The number of hydrogen-bond acceptors (Lipinski definition) is 5. The van der Waals surface area contributed by atoms with Crippen molar-refractivity contribution in [3.8, 4) is 0 Å². The van der Waals surface area contributed by atoms with Crippen molar-refractivity contribution in [1.29, 1.82) is 0 Å². The minimum atomic E-state index is 0.108. The Labute approximate surface area is 158 Å². The smallest absolute Gasteiger partial charge is 0.225 e. The molecule has 5 nitrogen and oxygen atoms in total. The highest BCUT2D eigenvalue weighted by Crippen LogP contribution is 2.31. The number of Topliss-reactive ketones (excluding diaryl/α,β-unsaturated/α-hetero) is 1. The van der Waals surface area contributed by atoms with E-state index in [2.05, 4.69) is 39.7 Å². The molecule has 1 aliphatic carbocycles. The van der Waals surface area contributed by atoms with Crippen LogP contribution in [-0.4, -0.2) is 15.8 Å². The molecular formula is C22H22N4O. The average Bonchev–Trinajstić information content (AvgIpc) is 2.67. The number of carbonyl (C=O) groups is 1. The van der Waals surface area contributed by atoms with Crippen molar-refractivity contribution in [2.75, 3.05) is 10.6 Å². The first kappa shape index (κ1) is 17.2. The molecule has 1 aliphatic rings. The van der Waals surface area contributed by atoms with Crippen LogP contribution in [0, 0.1) is 5.92 Å². The van der Waals surface area contributed by atoms with E-state index in [0.29, 0.717) is 36.2 Å². The van der Waals surface area contributed by atoms with Crippen LogP contribution in [0.2, 0.25) is 0 Å². The molecule has 0 saturated heterocycles. The second-order valence-corrected chi connectivity index (χ2v) is 6.98. The van der Waals surface area contributed by atoms with Crippen LogP contribution in [0.25, 0.3) is 0 Å². The monoisotopic (exact) mass is 358 g/mol. The van der Waals surface area contributed by atoms with Crippen molar-refractivity contribution in [1.82, 2.24) is 9.97 Å². The van der Waals surface area contributed by atoms with Gasteiger partial charge in [0.05, 0.1) is 11.3 Å². The normalized spacial score (nSPS) is 15.9. The molecule has 1 heterocycles. The summed E-state index contributed by atoms with van der Waals surface area (Å²) in [7, 11) is 0. The molecule has 3 aromatic rings. The first-order valence-electron chi connectivity index (χ1n) is 9.23. The van der Waals surface area contributed by atoms with Gasteiger partial charge in [0.1, 0.15) is 5.82 Å². The van der Waals surface area contributed by atoms with Crippen molar-refractivity contribution in [2.45, 2.75) is 26.3 Å². The van der Waals surface area contributed by atoms with Crippen LogP contribution in [-0.2, 0) is 13.0 Å². The Morgan fingerprint density at radius 3 is 2.41 bits per heavy atom. The maximum Gasteiger partial charge on any atom is 0.225 e. The highest BCUT2D eigenvalue weighted by Gasteiger charge is 2.28. The number of aromatic nitrogens is 2. The second-order valence-electron chi connectivity index (χ2n) is 6.98. The second kappa shape index (κ2) is 7.58. The number of anilines is 3. The quantitative estimate of drug-likeness (QED) is 0.698. The van der Waals surface area contributed by atoms with Gasteiger partial charge in [-0.15, -0.1) is 0 Å². The summed E-state index contributed by atoms with van der Waals surface area (Å²) in [5, 5.41) is 6.60. The lowest BCUT2D eigenvalue weighted by molar-refractivity contribution is 0.0953. The van der Waals surface area contributed by atoms with Gasteiger partial charge in [-0.25, -0.2) is 4.98 Å². The van der Waals surface area contributed by atoms with Crippen molar-refractivity contribution >= 4 is 23.2 Å². The molecule has 5 heteroatoms. The molecule has 0 amide bonds. The number of nitrogens with one attached hydrogen (secondary N) is 2. The number of nitrogens with zero attached hydrogens (tertiary/aromatic N) is 2. The van der Waals surface area contributed by atoms with Gasteiger partial charge in [-0.2, -0.15) is 4.98 Å². The van der Waals surface area contributed by atoms with E-state index in [9.17, 15) is 4.79 Å². The third-order valence-electron chi connectivity index (χ3n) is 4.67. The van der Waals surface area contributed by atoms with E-state index in [-0.39, 0.29) is 5.78 Å². The number of carbonyl (C=O) groups excluding carboxylic acids is 1. The average molecular weight is 358 g/mol. The maximum atomic E-state index is 12.7. The minimum absolute atomic E-state index is 0.108. The molecule has 2 N–H and O–H groups in total. The fourth-order valence-electron chi connectivity index (χ4n) is 3.37. The van der Waals surface area contributed by atoms with Gasteiger partial charge < -0.3 is 10.6 Å². The van der Waals surface area contributed by atoms with Crippen LogP contribution < -0.4 is 10.6 Å². The third-order valence-corrected chi connectivity index (χ3v) is 4.67. The van der Waals surface area contributed by atoms with Crippen molar-refractivity contribution in [3.05, 3.63) is 77.5 Å². The Morgan fingerprint density at radius 1 is 0.963 bits per heavy atom. The summed E-state index contributed by atoms with van der Waals surface area (Å²) in [4.78, 5) is 21.9. The highest BCUT2D eigenvalue weighted by atomic mass is 16.1. The van der Waals surface area contributed by atoms with Gasteiger partial charge in [-0.05, 0) is 30.0 Å². The lowest BCUT2D eigenvalue weighted by Gasteiger charge is -2.23. The predicted octanol–water partition coefficient (Wildman–Crippen LogP) is 4.60. The summed E-state index contributed by atoms with van der Waals surface area (Å²) in [6.07, 6.45) is 1.32. The zero-order valence-corrected chi connectivity index (χ0v) is 15.3. The first-order chi connectivity index (χ1) is 13.2. The lowest BCUT2D eigenvalue weighted by atomic mass is 9.87. The molecule has 136 valence electrons. The Bertz CT molecular complexity index is 941. The third kappa shape index (κ3) is 3.97. The van der Waals surface area contributed by atoms with Crippen LogP contribution >= 0.6 is 0 Å². The van der Waals surface area contributed by atoms with Crippen LogP contribution in [0.3, 0.4) is 0 Å². The molecule has 0 bridgehead atoms. The standard InChI is InChI=1S/C22H22N4O/c1-15-12-18-20(19(27)13-15)21(24-17-10-6-3-7-11-17)26-22(25-18)23-14-16-8-4-2-5-9-16/h2-11,15H,12-14H2,1H3,(H2,23,24,25,26). The molecule has 2 aromatic carbocycles. The Hall–Kier alpha value is -3.21. The van der Waals surface area contributed by atoms with Gasteiger partial charge in [0.25, 0.3) is 0 Å². The molecule has 27 heavy (non-hydrogen) atoms. The van der Waals surface area contributed by atoms with Crippen LogP contribution in [0.15, 0.2) is 60.7 Å². The summed E-state index contributed by atoms with van der Waals surface area (Å²) >= 11 is 0. The molecule has 4 rings (SSSR count). The van der Waals surface area contributed by atoms with Crippen molar-refractivity contribution < 1.29 is 4.79 Å². The van der Waals surface area contributed by atoms with E-state index >= 15 is 0 Å². The summed E-state index contributed by atoms with van der Waals surface area (Å²) < 4.78 is 0. The fourth-order valence-corrected chi connectivity index (χ4v) is 3.37. The molecule has 0 spiro atoms. The summed E-state index contributed by atoms with van der Waals surface area (Å²) in [5.74, 6) is 1.53. The van der Waals surface area contributed by atoms with E-state index in [1.807, 2.05) is 48.5 Å². The van der Waals surface area contributed by atoms with Gasteiger partial charge in [0, 0.05) is 18.7 Å². The molecule has 1 aromatic heterocycles. The van der Waals surface area contributed by atoms with E-state index in [1.54, 1.807) is 0 Å². The topological polar surface area (TPSA) is 66.9 Å². The Kier molecular flexibility index (Phi) is 4.83. The number of hydrogen-bond donors (Lipinski definition) is 2. The van der Waals surface area contributed by atoms with Crippen LogP contribution in [0.5, 0.6) is 0 Å². The molecule has 1 unspecified atom stereocenters. The Balaban J connectivity index is 1.67. The van der Waals surface area contributed by atoms with Crippen molar-refractivity contribution in [2.24, 2.45) is 5.92 Å². The molecule has 0 fully saturated rings. The Morgan fingerprint density at radius 2 is 1.67 bits per heavy atom. The maximum absolute atomic E-state index is 12.7. The van der Waals surface area contributed by atoms with Crippen molar-refractivity contribution in [3.63, 3.8) is 0 Å². The summed E-state index contributed by atoms with van der Waals surface area (Å²) in [6, 6.07) is 19.9. The summed E-state index contributed by atoms with van der Waals surface area (Å²) in [5.41, 5.74) is 3.50. The van der Waals surface area contributed by atoms with Gasteiger partial charge in [0.2, 0.25) is 5.95 Å². The summed E-state index contributed by atoms with van der Waals surface area (Å²) in [6.45, 7) is 2.72. The van der Waals surface area contributed by atoms with E-state index < -0.39 is 0 Å². The first-order valence-corrected chi connectivity index (χ1v) is 9.23. The zero-order valence-electron chi connectivity index (χ0n) is 15.3.